The molecule has 10 nitrogen and oxygen atoms in total. The molecule has 1 amide bonds. The van der Waals surface area contributed by atoms with Crippen molar-refractivity contribution < 1.29 is 19.4 Å². The molecular formula is C21H22N6O4. The van der Waals surface area contributed by atoms with E-state index in [9.17, 15) is 14.7 Å². The first-order valence-electron chi connectivity index (χ1n) is 10.0. The maximum atomic E-state index is 11.8. The summed E-state index contributed by atoms with van der Waals surface area (Å²) in [5.41, 5.74) is 3.16. The molecule has 3 heterocycles. The molecule has 0 saturated heterocycles. The van der Waals surface area contributed by atoms with Crippen LogP contribution in [0.4, 0.5) is 5.69 Å². The lowest BCUT2D eigenvalue weighted by atomic mass is 9.84. The summed E-state index contributed by atoms with van der Waals surface area (Å²) in [6, 6.07) is 9.33. The molecule has 1 aliphatic rings. The fourth-order valence-electron chi connectivity index (χ4n) is 3.74. The molecule has 3 aromatic rings. The molecule has 0 aliphatic carbocycles. The van der Waals surface area contributed by atoms with Gasteiger partial charge in [-0.2, -0.15) is 5.21 Å². The number of carboxylic acid groups (broad SMARTS) is 1. The molecule has 2 atom stereocenters. The number of aromatic amines is 1. The Kier molecular flexibility index (Phi) is 5.87. The van der Waals surface area contributed by atoms with Crippen molar-refractivity contribution in [1.82, 2.24) is 25.6 Å². The zero-order valence-electron chi connectivity index (χ0n) is 16.9. The largest absolute Gasteiger partial charge is 0.482 e. The van der Waals surface area contributed by atoms with E-state index in [0.717, 1.165) is 23.2 Å². The Morgan fingerprint density at radius 2 is 2.10 bits per heavy atom. The Morgan fingerprint density at radius 3 is 2.77 bits per heavy atom. The van der Waals surface area contributed by atoms with Crippen LogP contribution in [-0.4, -0.2) is 49.2 Å². The summed E-state index contributed by atoms with van der Waals surface area (Å²) in [5.74, 6) is -1.13. The van der Waals surface area contributed by atoms with Crippen LogP contribution in [-0.2, 0) is 16.0 Å². The molecule has 31 heavy (non-hydrogen) atoms. The van der Waals surface area contributed by atoms with Gasteiger partial charge in [0.05, 0.1) is 11.6 Å². The van der Waals surface area contributed by atoms with Crippen LogP contribution in [0.5, 0.6) is 5.75 Å². The van der Waals surface area contributed by atoms with Gasteiger partial charge >= 0.3 is 5.97 Å². The minimum absolute atomic E-state index is 0.00633. The highest BCUT2D eigenvalue weighted by Crippen LogP contribution is 2.33. The molecule has 0 bridgehead atoms. The predicted molar refractivity (Wildman–Crippen MR) is 110 cm³/mol. The third-order valence-corrected chi connectivity index (χ3v) is 5.30. The van der Waals surface area contributed by atoms with Gasteiger partial charge < -0.3 is 15.2 Å². The average Bonchev–Trinajstić information content (AvgIpc) is 3.31. The molecule has 10 heteroatoms. The van der Waals surface area contributed by atoms with Gasteiger partial charge in [0, 0.05) is 29.8 Å². The first-order chi connectivity index (χ1) is 15.0. The molecule has 0 radical (unpaired) electrons. The van der Waals surface area contributed by atoms with Crippen LogP contribution in [0, 0.1) is 5.92 Å². The number of aliphatic carboxylic acids is 1. The van der Waals surface area contributed by atoms with Gasteiger partial charge in [0.15, 0.2) is 12.4 Å². The van der Waals surface area contributed by atoms with Gasteiger partial charge in [-0.3, -0.25) is 14.6 Å². The van der Waals surface area contributed by atoms with Crippen LogP contribution < -0.4 is 10.1 Å². The van der Waals surface area contributed by atoms with Gasteiger partial charge in [0.25, 0.3) is 5.91 Å². The normalized spacial score (nSPS) is 14.8. The minimum Gasteiger partial charge on any atom is -0.482 e. The summed E-state index contributed by atoms with van der Waals surface area (Å²) < 4.78 is 5.48. The average molecular weight is 422 g/mol. The van der Waals surface area contributed by atoms with E-state index < -0.39 is 17.8 Å². The number of pyridine rings is 1. The first-order valence-corrected chi connectivity index (χ1v) is 10.0. The number of rotatable bonds is 8. The molecule has 0 spiro atoms. The van der Waals surface area contributed by atoms with E-state index in [1.807, 2.05) is 31.2 Å². The number of ether oxygens (including phenoxy) is 1. The number of anilines is 1. The molecule has 3 N–H and O–H groups in total. The highest BCUT2D eigenvalue weighted by Gasteiger charge is 2.32. The number of carboxylic acids is 1. The Morgan fingerprint density at radius 1 is 1.26 bits per heavy atom. The number of amides is 1. The maximum Gasteiger partial charge on any atom is 0.307 e. The molecule has 0 saturated carbocycles. The SMILES string of the molecule is CCC[C@H](C(=O)O)[C@@H](Cc1ccc(-c2ccc3c(c2)OCC(=O)N3)cn1)c1nn[nH]n1. The van der Waals surface area contributed by atoms with Crippen LogP contribution >= 0.6 is 0 Å². The van der Waals surface area contributed by atoms with Crippen LogP contribution in [0.2, 0.25) is 0 Å². The van der Waals surface area contributed by atoms with Gasteiger partial charge in [0.2, 0.25) is 0 Å². The second-order valence-corrected chi connectivity index (χ2v) is 7.40. The second kappa shape index (κ2) is 8.90. The van der Waals surface area contributed by atoms with Crippen molar-refractivity contribution in [3.63, 3.8) is 0 Å². The molecule has 0 fully saturated rings. The van der Waals surface area contributed by atoms with E-state index in [2.05, 4.69) is 30.9 Å². The predicted octanol–water partition coefficient (Wildman–Crippen LogP) is 2.42. The first kappa shape index (κ1) is 20.5. The summed E-state index contributed by atoms with van der Waals surface area (Å²) in [6.07, 6.45) is 3.37. The van der Waals surface area contributed by atoms with E-state index in [-0.39, 0.29) is 12.5 Å². The van der Waals surface area contributed by atoms with Gasteiger partial charge in [-0.1, -0.05) is 30.7 Å². The summed E-state index contributed by atoms with van der Waals surface area (Å²) in [5, 5.41) is 26.5. The van der Waals surface area contributed by atoms with Crippen molar-refractivity contribution in [2.75, 3.05) is 11.9 Å². The number of hydrogen-bond acceptors (Lipinski definition) is 7. The van der Waals surface area contributed by atoms with Crippen LogP contribution in [0.1, 0.15) is 37.2 Å². The Hall–Kier alpha value is -3.82. The Labute approximate surface area is 178 Å². The van der Waals surface area contributed by atoms with Crippen LogP contribution in [0.3, 0.4) is 0 Å². The van der Waals surface area contributed by atoms with Crippen molar-refractivity contribution in [2.45, 2.75) is 32.1 Å². The van der Waals surface area contributed by atoms with E-state index in [4.69, 9.17) is 4.74 Å². The van der Waals surface area contributed by atoms with Crippen molar-refractivity contribution in [3.05, 3.63) is 48.0 Å². The lowest BCUT2D eigenvalue weighted by Crippen LogP contribution is -2.25. The van der Waals surface area contributed by atoms with Crippen LogP contribution in [0.25, 0.3) is 11.1 Å². The Balaban J connectivity index is 1.55. The molecule has 1 aromatic carbocycles. The van der Waals surface area contributed by atoms with Gasteiger partial charge in [-0.05, 0) is 30.2 Å². The fourth-order valence-corrected chi connectivity index (χ4v) is 3.74. The second-order valence-electron chi connectivity index (χ2n) is 7.40. The van der Waals surface area contributed by atoms with Crippen molar-refractivity contribution in [1.29, 1.82) is 0 Å². The monoisotopic (exact) mass is 422 g/mol. The number of fused-ring (bicyclic) bond motifs is 1. The van der Waals surface area contributed by atoms with Crippen molar-refractivity contribution >= 4 is 17.6 Å². The number of nitrogens with one attached hydrogen (secondary N) is 2. The third-order valence-electron chi connectivity index (χ3n) is 5.30. The van der Waals surface area contributed by atoms with Gasteiger partial charge in [0.1, 0.15) is 5.75 Å². The smallest absolute Gasteiger partial charge is 0.307 e. The maximum absolute atomic E-state index is 11.8. The summed E-state index contributed by atoms with van der Waals surface area (Å²) >= 11 is 0. The summed E-state index contributed by atoms with van der Waals surface area (Å²) in [7, 11) is 0. The summed E-state index contributed by atoms with van der Waals surface area (Å²) in [6.45, 7) is 1.94. The number of tetrazole rings is 1. The highest BCUT2D eigenvalue weighted by atomic mass is 16.5. The number of H-pyrrole nitrogens is 1. The third kappa shape index (κ3) is 4.52. The highest BCUT2D eigenvalue weighted by molar-refractivity contribution is 5.95. The van der Waals surface area contributed by atoms with E-state index in [0.29, 0.717) is 30.1 Å². The number of carbonyl (C=O) groups excluding carboxylic acids is 1. The van der Waals surface area contributed by atoms with E-state index in [1.165, 1.54) is 0 Å². The lowest BCUT2D eigenvalue weighted by molar-refractivity contribution is -0.143. The zero-order chi connectivity index (χ0) is 21.8. The molecule has 0 unspecified atom stereocenters. The molecule has 1 aliphatic heterocycles. The lowest BCUT2D eigenvalue weighted by Gasteiger charge is -2.20. The molecule has 2 aromatic heterocycles. The standard InChI is InChI=1S/C21H22N6O4/c1-2-3-15(21(29)30)16(20-24-26-27-25-20)9-14-6-4-13(10-22-14)12-5-7-17-18(8-12)31-11-19(28)23-17/h4-8,10,15-16H,2-3,9,11H2,1H3,(H,23,28)(H,29,30)(H,24,25,26,27)/t15-,16+/m0/s1. The van der Waals surface area contributed by atoms with Gasteiger partial charge in [-0.15, -0.1) is 10.2 Å². The molecule has 160 valence electrons. The van der Waals surface area contributed by atoms with Crippen molar-refractivity contribution in [3.8, 4) is 16.9 Å². The number of aromatic nitrogens is 5. The number of hydrogen-bond donors (Lipinski definition) is 3. The van der Waals surface area contributed by atoms with E-state index in [1.54, 1.807) is 12.3 Å². The van der Waals surface area contributed by atoms with Crippen LogP contribution in [0.15, 0.2) is 36.5 Å². The molecule has 4 rings (SSSR count). The van der Waals surface area contributed by atoms with Gasteiger partial charge in [-0.25, -0.2) is 0 Å². The Bertz CT molecular complexity index is 1070. The molecular weight excluding hydrogens is 400 g/mol. The van der Waals surface area contributed by atoms with Crippen molar-refractivity contribution in [2.24, 2.45) is 5.92 Å². The number of benzene rings is 1. The zero-order valence-corrected chi connectivity index (χ0v) is 16.9. The fraction of sp³-hybridized carbons (Fsp3) is 0.333. The number of carbonyl (C=O) groups is 2. The van der Waals surface area contributed by atoms with E-state index >= 15 is 0 Å². The summed E-state index contributed by atoms with van der Waals surface area (Å²) in [4.78, 5) is 27.8. The quantitative estimate of drug-likeness (QED) is 0.502. The minimum atomic E-state index is -0.880. The topological polar surface area (TPSA) is 143 Å². The number of nitrogens with zero attached hydrogens (tertiary/aromatic N) is 4.